The number of pyridine rings is 1. The predicted octanol–water partition coefficient (Wildman–Crippen LogP) is 1.64. The molecule has 27 heavy (non-hydrogen) atoms. The minimum atomic E-state index is 0. The van der Waals surface area contributed by atoms with Gasteiger partial charge in [0.2, 0.25) is 0 Å². The lowest BCUT2D eigenvalue weighted by atomic mass is 10.3. The second-order valence-corrected chi connectivity index (χ2v) is 6.42. The van der Waals surface area contributed by atoms with Crippen LogP contribution in [0.15, 0.2) is 29.4 Å². The van der Waals surface area contributed by atoms with Crippen LogP contribution in [0.1, 0.15) is 26.1 Å². The standard InChI is InChI=1S/C18H28N6O2.HI/c1-3-19-18(21-14(2)12-26-15-8-11-25-13-15)20-9-7-17-23-22-16-6-4-5-10-24(16)17;/h4-6,10,14-15H,3,7-9,11-13H2,1-2H3,(H2,19,20,21);1H. The number of aliphatic imine (C=N–C) groups is 1. The zero-order chi connectivity index (χ0) is 18.2. The van der Waals surface area contributed by atoms with Gasteiger partial charge >= 0.3 is 0 Å². The van der Waals surface area contributed by atoms with Gasteiger partial charge in [-0.25, -0.2) is 0 Å². The van der Waals surface area contributed by atoms with Crippen LogP contribution in [0.2, 0.25) is 0 Å². The van der Waals surface area contributed by atoms with Crippen molar-refractivity contribution in [1.82, 2.24) is 25.2 Å². The molecule has 0 amide bonds. The molecule has 0 spiro atoms. The number of nitrogens with zero attached hydrogens (tertiary/aromatic N) is 4. The molecular weight excluding hydrogens is 459 g/mol. The fourth-order valence-corrected chi connectivity index (χ4v) is 2.85. The minimum Gasteiger partial charge on any atom is -0.379 e. The highest BCUT2D eigenvalue weighted by Gasteiger charge is 2.17. The van der Waals surface area contributed by atoms with E-state index in [9.17, 15) is 0 Å². The van der Waals surface area contributed by atoms with Gasteiger partial charge in [0.25, 0.3) is 0 Å². The third-order valence-electron chi connectivity index (χ3n) is 4.19. The third-order valence-corrected chi connectivity index (χ3v) is 4.19. The summed E-state index contributed by atoms with van der Waals surface area (Å²) in [7, 11) is 0. The Hall–Kier alpha value is -1.46. The van der Waals surface area contributed by atoms with Crippen LogP contribution in [0, 0.1) is 0 Å². The number of halogens is 1. The summed E-state index contributed by atoms with van der Waals surface area (Å²) in [4.78, 5) is 4.65. The molecule has 3 rings (SSSR count). The Labute approximate surface area is 177 Å². The molecule has 0 aliphatic carbocycles. The van der Waals surface area contributed by atoms with Crippen LogP contribution in [0.25, 0.3) is 5.65 Å². The van der Waals surface area contributed by atoms with Gasteiger partial charge in [-0.1, -0.05) is 6.07 Å². The molecule has 1 aliphatic rings. The van der Waals surface area contributed by atoms with Crippen molar-refractivity contribution in [3.8, 4) is 0 Å². The van der Waals surface area contributed by atoms with Crippen LogP contribution < -0.4 is 10.6 Å². The third kappa shape index (κ3) is 6.58. The molecule has 1 fully saturated rings. The molecule has 0 bridgehead atoms. The Kier molecular flexibility index (Phi) is 9.22. The van der Waals surface area contributed by atoms with Crippen LogP contribution >= 0.6 is 24.0 Å². The van der Waals surface area contributed by atoms with Crippen LogP contribution in [-0.4, -0.2) is 65.6 Å². The quantitative estimate of drug-likeness (QED) is 0.334. The van der Waals surface area contributed by atoms with Gasteiger partial charge in [-0.15, -0.1) is 34.2 Å². The van der Waals surface area contributed by atoms with Gasteiger partial charge in [0.15, 0.2) is 11.6 Å². The Bertz CT molecular complexity index is 717. The summed E-state index contributed by atoms with van der Waals surface area (Å²) in [6, 6.07) is 6.05. The van der Waals surface area contributed by atoms with Crippen LogP contribution in [0.3, 0.4) is 0 Å². The molecule has 3 heterocycles. The Morgan fingerprint density at radius 3 is 3.11 bits per heavy atom. The largest absolute Gasteiger partial charge is 0.379 e. The summed E-state index contributed by atoms with van der Waals surface area (Å²) in [5.74, 6) is 1.71. The topological polar surface area (TPSA) is 85.1 Å². The number of rotatable bonds is 8. The van der Waals surface area contributed by atoms with Gasteiger partial charge in [0, 0.05) is 38.4 Å². The highest BCUT2D eigenvalue weighted by atomic mass is 127. The summed E-state index contributed by atoms with van der Waals surface area (Å²) in [6.07, 6.45) is 3.91. The lowest BCUT2D eigenvalue weighted by molar-refractivity contribution is 0.0347. The maximum absolute atomic E-state index is 5.86. The molecule has 150 valence electrons. The highest BCUT2D eigenvalue weighted by Crippen LogP contribution is 2.08. The van der Waals surface area contributed by atoms with E-state index in [-0.39, 0.29) is 36.1 Å². The van der Waals surface area contributed by atoms with Crippen LogP contribution in [0.4, 0.5) is 0 Å². The van der Waals surface area contributed by atoms with E-state index in [1.54, 1.807) is 0 Å². The molecule has 0 saturated carbocycles. The zero-order valence-corrected chi connectivity index (χ0v) is 18.3. The highest BCUT2D eigenvalue weighted by molar-refractivity contribution is 14.0. The van der Waals surface area contributed by atoms with Gasteiger partial charge in [-0.2, -0.15) is 0 Å². The summed E-state index contributed by atoms with van der Waals surface area (Å²) >= 11 is 0. The van der Waals surface area contributed by atoms with E-state index in [0.29, 0.717) is 19.8 Å². The average Bonchev–Trinajstić information content (AvgIpc) is 3.30. The van der Waals surface area contributed by atoms with Crippen molar-refractivity contribution in [3.63, 3.8) is 0 Å². The molecule has 2 aromatic heterocycles. The fourth-order valence-electron chi connectivity index (χ4n) is 2.85. The molecule has 2 N–H and O–H groups in total. The number of nitrogens with one attached hydrogen (secondary N) is 2. The number of ether oxygens (including phenoxy) is 2. The number of aromatic nitrogens is 3. The Morgan fingerprint density at radius 2 is 2.33 bits per heavy atom. The summed E-state index contributed by atoms with van der Waals surface area (Å²) in [5.41, 5.74) is 0.859. The average molecular weight is 488 g/mol. The molecule has 1 aliphatic heterocycles. The van der Waals surface area contributed by atoms with Gasteiger partial charge in [-0.3, -0.25) is 9.39 Å². The van der Waals surface area contributed by atoms with Crippen molar-refractivity contribution in [2.75, 3.05) is 32.9 Å². The van der Waals surface area contributed by atoms with Gasteiger partial charge < -0.3 is 20.1 Å². The molecule has 2 unspecified atom stereocenters. The van der Waals surface area contributed by atoms with E-state index < -0.39 is 0 Å². The first-order valence-electron chi connectivity index (χ1n) is 9.29. The fraction of sp³-hybridized carbons (Fsp3) is 0.611. The number of guanidine groups is 1. The Morgan fingerprint density at radius 1 is 1.44 bits per heavy atom. The summed E-state index contributed by atoms with van der Waals surface area (Å²) in [5, 5.41) is 15.1. The van der Waals surface area contributed by atoms with Crippen molar-refractivity contribution in [3.05, 3.63) is 30.2 Å². The lowest BCUT2D eigenvalue weighted by Crippen LogP contribution is -2.44. The van der Waals surface area contributed by atoms with Gasteiger partial charge in [-0.05, 0) is 32.4 Å². The molecule has 8 nitrogen and oxygen atoms in total. The molecule has 1 saturated heterocycles. The van der Waals surface area contributed by atoms with Crippen molar-refractivity contribution < 1.29 is 9.47 Å². The molecule has 0 radical (unpaired) electrons. The Balaban J connectivity index is 0.00000261. The lowest BCUT2D eigenvalue weighted by Gasteiger charge is -2.19. The zero-order valence-electron chi connectivity index (χ0n) is 15.9. The van der Waals surface area contributed by atoms with E-state index in [0.717, 1.165) is 43.4 Å². The maximum atomic E-state index is 5.86. The number of hydrogen-bond acceptors (Lipinski definition) is 5. The smallest absolute Gasteiger partial charge is 0.191 e. The molecular formula is C18H29IN6O2. The van der Waals surface area contributed by atoms with E-state index in [4.69, 9.17) is 9.47 Å². The van der Waals surface area contributed by atoms with Crippen molar-refractivity contribution >= 4 is 35.6 Å². The van der Waals surface area contributed by atoms with E-state index in [1.165, 1.54) is 0 Å². The van der Waals surface area contributed by atoms with Crippen molar-refractivity contribution in [2.24, 2.45) is 4.99 Å². The molecule has 0 aromatic carbocycles. The van der Waals surface area contributed by atoms with Crippen LogP contribution in [0.5, 0.6) is 0 Å². The van der Waals surface area contributed by atoms with E-state index in [1.807, 2.05) is 28.8 Å². The summed E-state index contributed by atoms with van der Waals surface area (Å²) in [6.45, 7) is 7.72. The number of fused-ring (bicyclic) bond motifs is 1. The molecule has 2 aromatic rings. The van der Waals surface area contributed by atoms with Crippen LogP contribution in [-0.2, 0) is 15.9 Å². The summed E-state index contributed by atoms with van der Waals surface area (Å²) < 4.78 is 13.2. The normalized spacial score (nSPS) is 18.3. The van der Waals surface area contributed by atoms with Crippen molar-refractivity contribution in [2.45, 2.75) is 38.8 Å². The first-order valence-corrected chi connectivity index (χ1v) is 9.29. The minimum absolute atomic E-state index is 0. The van der Waals surface area contributed by atoms with Gasteiger partial charge in [0.1, 0.15) is 5.82 Å². The first-order chi connectivity index (χ1) is 12.8. The second kappa shape index (κ2) is 11.4. The molecule has 9 heteroatoms. The monoisotopic (exact) mass is 488 g/mol. The maximum Gasteiger partial charge on any atom is 0.191 e. The predicted molar refractivity (Wildman–Crippen MR) is 116 cm³/mol. The SMILES string of the molecule is CCNC(=NCCc1nnc2ccccn12)NC(C)COC1CCOC1.I. The van der Waals surface area contributed by atoms with Crippen molar-refractivity contribution in [1.29, 1.82) is 0 Å². The van der Waals surface area contributed by atoms with E-state index >= 15 is 0 Å². The number of hydrogen-bond donors (Lipinski definition) is 2. The second-order valence-electron chi connectivity index (χ2n) is 6.42. The van der Waals surface area contributed by atoms with E-state index in [2.05, 4.69) is 39.7 Å². The van der Waals surface area contributed by atoms with Gasteiger partial charge in [0.05, 0.1) is 19.3 Å². The first kappa shape index (κ1) is 21.8. The molecule has 2 atom stereocenters.